The number of benzene rings is 2. The molecule has 0 fully saturated rings. The number of nitrogens with one attached hydrogen (secondary N) is 1. The molecule has 0 unspecified atom stereocenters. The highest BCUT2D eigenvalue weighted by atomic mass is 79.9. The molecule has 0 saturated heterocycles. The topological polar surface area (TPSA) is 55.2 Å². The molecule has 0 amide bonds. The first-order chi connectivity index (χ1) is 10.0. The van der Waals surface area contributed by atoms with Crippen molar-refractivity contribution < 1.29 is 4.92 Å². The van der Waals surface area contributed by atoms with Gasteiger partial charge in [-0.2, -0.15) is 0 Å². The third kappa shape index (κ3) is 4.04. The molecule has 2 rings (SSSR count). The van der Waals surface area contributed by atoms with Crippen LogP contribution in [0.4, 0.5) is 11.4 Å². The molecule has 0 spiro atoms. The minimum absolute atomic E-state index is 0.0841. The fourth-order valence-electron chi connectivity index (χ4n) is 2.03. The summed E-state index contributed by atoms with van der Waals surface area (Å²) in [6.07, 6.45) is 0.919. The molecule has 21 heavy (non-hydrogen) atoms. The van der Waals surface area contributed by atoms with E-state index in [1.54, 1.807) is 12.1 Å². The van der Waals surface area contributed by atoms with E-state index in [4.69, 9.17) is 0 Å². The summed E-state index contributed by atoms with van der Waals surface area (Å²) in [5, 5.41) is 14.3. The van der Waals surface area contributed by atoms with Crippen molar-refractivity contribution in [3.05, 3.63) is 66.6 Å². The molecule has 0 aromatic heterocycles. The molecular formula is C15H14Br2N2O2. The zero-order valence-corrected chi connectivity index (χ0v) is 14.6. The summed E-state index contributed by atoms with van der Waals surface area (Å²) in [7, 11) is 0. The van der Waals surface area contributed by atoms with E-state index in [0.29, 0.717) is 11.0 Å². The maximum atomic E-state index is 10.9. The Balaban J connectivity index is 2.17. The van der Waals surface area contributed by atoms with E-state index < -0.39 is 0 Å². The highest BCUT2D eigenvalue weighted by Crippen LogP contribution is 2.27. The Morgan fingerprint density at radius 1 is 1.19 bits per heavy atom. The SMILES string of the molecule is CCc1cc(Br)ccc1NCc1ccc(Br)c([N+](=O)[O-])c1. The first kappa shape index (κ1) is 16.0. The molecule has 2 aromatic carbocycles. The number of hydrogen-bond acceptors (Lipinski definition) is 3. The van der Waals surface area contributed by atoms with Crippen LogP contribution in [0.3, 0.4) is 0 Å². The van der Waals surface area contributed by atoms with Crippen LogP contribution in [0.2, 0.25) is 0 Å². The third-order valence-corrected chi connectivity index (χ3v) is 4.30. The Kier molecular flexibility index (Phi) is 5.36. The van der Waals surface area contributed by atoms with Crippen molar-refractivity contribution >= 4 is 43.2 Å². The molecule has 0 saturated carbocycles. The molecule has 2 aromatic rings. The summed E-state index contributed by atoms with van der Waals surface area (Å²) in [5.74, 6) is 0. The van der Waals surface area contributed by atoms with Gasteiger partial charge in [0, 0.05) is 22.8 Å². The van der Waals surface area contributed by atoms with Gasteiger partial charge in [0.1, 0.15) is 0 Å². The van der Waals surface area contributed by atoms with Gasteiger partial charge in [0.05, 0.1) is 9.40 Å². The molecule has 0 aliphatic carbocycles. The fourth-order valence-corrected chi connectivity index (χ4v) is 2.83. The summed E-state index contributed by atoms with van der Waals surface area (Å²) in [6.45, 7) is 2.64. The summed E-state index contributed by atoms with van der Waals surface area (Å²) >= 11 is 6.65. The van der Waals surface area contributed by atoms with E-state index in [1.807, 2.05) is 18.2 Å². The molecule has 4 nitrogen and oxygen atoms in total. The first-order valence-electron chi connectivity index (χ1n) is 6.46. The predicted molar refractivity (Wildman–Crippen MR) is 91.6 cm³/mol. The number of aryl methyl sites for hydroxylation is 1. The van der Waals surface area contributed by atoms with Gasteiger partial charge in [-0.3, -0.25) is 10.1 Å². The Labute approximate surface area is 140 Å². The Morgan fingerprint density at radius 2 is 1.95 bits per heavy atom. The lowest BCUT2D eigenvalue weighted by molar-refractivity contribution is -0.385. The predicted octanol–water partition coefficient (Wildman–Crippen LogP) is 5.29. The van der Waals surface area contributed by atoms with Crippen LogP contribution < -0.4 is 5.32 Å². The van der Waals surface area contributed by atoms with Gasteiger partial charge in [-0.25, -0.2) is 0 Å². The van der Waals surface area contributed by atoms with Crippen LogP contribution in [-0.4, -0.2) is 4.92 Å². The van der Waals surface area contributed by atoms with Crippen LogP contribution in [-0.2, 0) is 13.0 Å². The molecule has 0 atom stereocenters. The highest BCUT2D eigenvalue weighted by Gasteiger charge is 2.12. The number of anilines is 1. The van der Waals surface area contributed by atoms with Gasteiger partial charge in [-0.05, 0) is 57.7 Å². The van der Waals surface area contributed by atoms with Gasteiger partial charge in [0.2, 0.25) is 0 Å². The molecule has 0 bridgehead atoms. The Bertz CT molecular complexity index is 675. The molecule has 0 aliphatic heterocycles. The number of nitrogens with zero attached hydrogens (tertiary/aromatic N) is 1. The molecule has 110 valence electrons. The number of nitro groups is 1. The van der Waals surface area contributed by atoms with Crippen LogP contribution >= 0.6 is 31.9 Å². The van der Waals surface area contributed by atoms with Crippen molar-refractivity contribution in [2.24, 2.45) is 0 Å². The fraction of sp³-hybridized carbons (Fsp3) is 0.200. The standard InChI is InChI=1S/C15H14Br2N2O2/c1-2-11-8-12(16)4-6-14(11)18-9-10-3-5-13(17)15(7-10)19(20)21/h3-8,18H,2,9H2,1H3. The lowest BCUT2D eigenvalue weighted by Crippen LogP contribution is -2.03. The lowest BCUT2D eigenvalue weighted by atomic mass is 10.1. The average Bonchev–Trinajstić information content (AvgIpc) is 2.46. The molecule has 1 N–H and O–H groups in total. The van der Waals surface area contributed by atoms with E-state index in [9.17, 15) is 10.1 Å². The Morgan fingerprint density at radius 3 is 2.62 bits per heavy atom. The van der Waals surface area contributed by atoms with Crippen molar-refractivity contribution in [3.63, 3.8) is 0 Å². The maximum absolute atomic E-state index is 10.9. The minimum Gasteiger partial charge on any atom is -0.381 e. The summed E-state index contributed by atoms with van der Waals surface area (Å²) in [6, 6.07) is 11.2. The third-order valence-electron chi connectivity index (χ3n) is 3.14. The second kappa shape index (κ2) is 7.04. The summed E-state index contributed by atoms with van der Waals surface area (Å²) < 4.78 is 1.54. The van der Waals surface area contributed by atoms with Crippen LogP contribution in [0.5, 0.6) is 0 Å². The van der Waals surface area contributed by atoms with Gasteiger partial charge in [0.15, 0.2) is 0 Å². The van der Waals surface area contributed by atoms with E-state index in [-0.39, 0.29) is 10.6 Å². The van der Waals surface area contributed by atoms with Crippen molar-refractivity contribution in [1.29, 1.82) is 0 Å². The molecule has 0 heterocycles. The van der Waals surface area contributed by atoms with Crippen molar-refractivity contribution in [2.45, 2.75) is 19.9 Å². The van der Waals surface area contributed by atoms with E-state index in [2.05, 4.69) is 50.2 Å². The van der Waals surface area contributed by atoms with Crippen molar-refractivity contribution in [2.75, 3.05) is 5.32 Å². The highest BCUT2D eigenvalue weighted by molar-refractivity contribution is 9.10. The zero-order valence-electron chi connectivity index (χ0n) is 11.4. The van der Waals surface area contributed by atoms with Gasteiger partial charge in [0.25, 0.3) is 5.69 Å². The van der Waals surface area contributed by atoms with Gasteiger partial charge in [-0.15, -0.1) is 0 Å². The molecule has 0 aliphatic rings. The van der Waals surface area contributed by atoms with E-state index in [0.717, 1.165) is 22.1 Å². The molecule has 0 radical (unpaired) electrons. The first-order valence-corrected chi connectivity index (χ1v) is 8.05. The smallest absolute Gasteiger partial charge is 0.283 e. The quantitative estimate of drug-likeness (QED) is 0.534. The van der Waals surface area contributed by atoms with Crippen LogP contribution in [0, 0.1) is 10.1 Å². The summed E-state index contributed by atoms with van der Waals surface area (Å²) in [5.41, 5.74) is 3.21. The second-order valence-electron chi connectivity index (χ2n) is 4.55. The Hall–Kier alpha value is -1.40. The van der Waals surface area contributed by atoms with E-state index in [1.165, 1.54) is 5.56 Å². The van der Waals surface area contributed by atoms with Crippen LogP contribution in [0.15, 0.2) is 45.3 Å². The summed E-state index contributed by atoms with van der Waals surface area (Å²) in [4.78, 5) is 10.6. The lowest BCUT2D eigenvalue weighted by Gasteiger charge is -2.11. The monoisotopic (exact) mass is 412 g/mol. The molecule has 6 heteroatoms. The second-order valence-corrected chi connectivity index (χ2v) is 6.32. The normalized spacial score (nSPS) is 10.4. The van der Waals surface area contributed by atoms with Crippen LogP contribution in [0.1, 0.15) is 18.1 Å². The molecular weight excluding hydrogens is 400 g/mol. The van der Waals surface area contributed by atoms with Gasteiger partial charge < -0.3 is 5.32 Å². The number of halogens is 2. The largest absolute Gasteiger partial charge is 0.381 e. The number of hydrogen-bond donors (Lipinski definition) is 1. The van der Waals surface area contributed by atoms with Crippen LogP contribution in [0.25, 0.3) is 0 Å². The van der Waals surface area contributed by atoms with Crippen molar-refractivity contribution in [1.82, 2.24) is 0 Å². The number of rotatable bonds is 5. The van der Waals surface area contributed by atoms with E-state index >= 15 is 0 Å². The van der Waals surface area contributed by atoms with Gasteiger partial charge >= 0.3 is 0 Å². The average molecular weight is 414 g/mol. The maximum Gasteiger partial charge on any atom is 0.283 e. The van der Waals surface area contributed by atoms with Gasteiger partial charge in [-0.1, -0.05) is 28.9 Å². The minimum atomic E-state index is -0.384. The zero-order chi connectivity index (χ0) is 15.4. The number of nitro benzene ring substituents is 1. The van der Waals surface area contributed by atoms with Crippen molar-refractivity contribution in [3.8, 4) is 0 Å².